The van der Waals surface area contributed by atoms with Crippen molar-refractivity contribution in [3.8, 4) is 11.5 Å². The molecular weight excluding hydrogens is 400 g/mol. The Hall–Kier alpha value is -2.17. The molecule has 3 heterocycles. The third kappa shape index (κ3) is 3.38. The minimum absolute atomic E-state index is 0.0275. The highest BCUT2D eigenvalue weighted by Crippen LogP contribution is 2.46. The van der Waals surface area contributed by atoms with Crippen LogP contribution in [-0.2, 0) is 14.8 Å². The van der Waals surface area contributed by atoms with Crippen LogP contribution in [0.2, 0.25) is 0 Å². The average Bonchev–Trinajstić information content (AvgIpc) is 3.22. The van der Waals surface area contributed by atoms with Crippen LogP contribution >= 0.6 is 0 Å². The summed E-state index contributed by atoms with van der Waals surface area (Å²) in [4.78, 5) is 12.1. The molecule has 1 aliphatic carbocycles. The predicted octanol–water partition coefficient (Wildman–Crippen LogP) is 2.18. The summed E-state index contributed by atoms with van der Waals surface area (Å²) in [6, 6.07) is 2.82. The lowest BCUT2D eigenvalue weighted by atomic mass is 9.74. The summed E-state index contributed by atoms with van der Waals surface area (Å²) in [5.74, 6) is -0.353. The Bertz CT molecular complexity index is 1040. The van der Waals surface area contributed by atoms with Crippen molar-refractivity contribution >= 4 is 16.0 Å². The van der Waals surface area contributed by atoms with E-state index in [-0.39, 0.29) is 42.7 Å². The molecule has 4 rings (SSSR count). The number of hydrogen-bond donors (Lipinski definition) is 2. The second-order valence-electron chi connectivity index (χ2n) is 8.09. The molecule has 0 unspecified atom stereocenters. The van der Waals surface area contributed by atoms with Crippen LogP contribution in [0, 0.1) is 25.2 Å². The minimum Gasteiger partial charge on any atom is -0.481 e. The Morgan fingerprint density at radius 3 is 2.62 bits per heavy atom. The van der Waals surface area contributed by atoms with Crippen LogP contribution < -0.4 is 0 Å². The highest BCUT2D eigenvalue weighted by atomic mass is 32.2. The van der Waals surface area contributed by atoms with Crippen LogP contribution in [0.15, 0.2) is 26.2 Å². The van der Waals surface area contributed by atoms with Gasteiger partial charge in [0, 0.05) is 18.7 Å². The second kappa shape index (κ2) is 6.96. The van der Waals surface area contributed by atoms with E-state index in [1.165, 1.54) is 12.1 Å². The van der Waals surface area contributed by atoms with E-state index in [4.69, 9.17) is 8.94 Å². The van der Waals surface area contributed by atoms with Gasteiger partial charge in [-0.05, 0) is 44.7 Å². The van der Waals surface area contributed by atoms with Crippen molar-refractivity contribution in [2.45, 2.75) is 50.7 Å². The highest BCUT2D eigenvalue weighted by Gasteiger charge is 2.54. The number of piperidine rings is 1. The summed E-state index contributed by atoms with van der Waals surface area (Å²) in [6.07, 6.45) is 1.07. The number of aliphatic carboxylic acids is 1. The molecule has 2 aromatic heterocycles. The van der Waals surface area contributed by atoms with Gasteiger partial charge in [0.15, 0.2) is 5.76 Å². The van der Waals surface area contributed by atoms with Crippen LogP contribution in [0.25, 0.3) is 11.5 Å². The molecule has 2 N–H and O–H groups in total. The van der Waals surface area contributed by atoms with E-state index in [1.807, 2.05) is 0 Å². The molecule has 2 fully saturated rings. The first-order valence-electron chi connectivity index (χ1n) is 9.60. The topological polar surface area (TPSA) is 134 Å². The average molecular weight is 424 g/mol. The maximum Gasteiger partial charge on any atom is 0.313 e. The lowest BCUT2D eigenvalue weighted by molar-refractivity contribution is -0.162. The van der Waals surface area contributed by atoms with Crippen LogP contribution in [0.5, 0.6) is 0 Å². The molecule has 0 aromatic carbocycles. The standard InChI is InChI=1S/C19H24N2O7S/c1-11-12(2)20-28-17(11)14-5-6-16(27-14)29(25,26)21-8-7-15(22)19(10-21,18(23)24)9-13-3-4-13/h5-6,13,15,22H,3-4,7-10H2,1-2H3,(H,23,24)/t15-,19+/m1/s1. The van der Waals surface area contributed by atoms with Gasteiger partial charge in [-0.2, -0.15) is 4.31 Å². The highest BCUT2D eigenvalue weighted by molar-refractivity contribution is 7.89. The van der Waals surface area contributed by atoms with Crippen LogP contribution in [0.4, 0.5) is 0 Å². The number of furan rings is 1. The van der Waals surface area contributed by atoms with Gasteiger partial charge in [0.05, 0.1) is 11.8 Å². The van der Waals surface area contributed by atoms with E-state index in [9.17, 15) is 23.4 Å². The monoisotopic (exact) mass is 424 g/mol. The van der Waals surface area contributed by atoms with Gasteiger partial charge in [0.2, 0.25) is 10.9 Å². The van der Waals surface area contributed by atoms with E-state index in [2.05, 4.69) is 5.16 Å². The number of aliphatic hydroxyl groups excluding tert-OH is 1. The Labute approximate surface area is 168 Å². The zero-order valence-corrected chi connectivity index (χ0v) is 17.1. The molecule has 10 heteroatoms. The van der Waals surface area contributed by atoms with Crippen LogP contribution in [0.3, 0.4) is 0 Å². The summed E-state index contributed by atoms with van der Waals surface area (Å²) in [5, 5.41) is 23.9. The van der Waals surface area contributed by atoms with Crippen molar-refractivity contribution in [2.24, 2.45) is 11.3 Å². The molecule has 1 saturated carbocycles. The largest absolute Gasteiger partial charge is 0.481 e. The molecule has 0 radical (unpaired) electrons. The Morgan fingerprint density at radius 1 is 1.31 bits per heavy atom. The molecule has 158 valence electrons. The molecule has 1 aliphatic heterocycles. The smallest absolute Gasteiger partial charge is 0.313 e. The van der Waals surface area contributed by atoms with Gasteiger partial charge in [-0.15, -0.1) is 0 Å². The normalized spacial score (nSPS) is 26.0. The molecule has 0 spiro atoms. The second-order valence-corrected chi connectivity index (χ2v) is 9.96. The predicted molar refractivity (Wildman–Crippen MR) is 100 cm³/mol. The van der Waals surface area contributed by atoms with Crippen molar-refractivity contribution in [1.29, 1.82) is 0 Å². The first-order chi connectivity index (χ1) is 13.6. The summed E-state index contributed by atoms with van der Waals surface area (Å²) in [5.41, 5.74) is -0.0727. The Balaban J connectivity index is 1.63. The lowest BCUT2D eigenvalue weighted by Gasteiger charge is -2.42. The van der Waals surface area contributed by atoms with Crippen molar-refractivity contribution in [1.82, 2.24) is 9.46 Å². The number of aryl methyl sites for hydroxylation is 1. The maximum atomic E-state index is 13.2. The number of nitrogens with zero attached hydrogens (tertiary/aromatic N) is 2. The molecule has 29 heavy (non-hydrogen) atoms. The van der Waals surface area contributed by atoms with Gasteiger partial charge in [0.25, 0.3) is 10.0 Å². The summed E-state index contributed by atoms with van der Waals surface area (Å²) in [7, 11) is -4.07. The van der Waals surface area contributed by atoms with Crippen LogP contribution in [0.1, 0.15) is 36.9 Å². The van der Waals surface area contributed by atoms with Crippen LogP contribution in [-0.4, -0.2) is 53.3 Å². The van der Waals surface area contributed by atoms with Gasteiger partial charge in [-0.1, -0.05) is 18.0 Å². The van der Waals surface area contributed by atoms with Gasteiger partial charge < -0.3 is 19.2 Å². The fourth-order valence-electron chi connectivity index (χ4n) is 3.94. The first-order valence-corrected chi connectivity index (χ1v) is 11.0. The molecular formula is C19H24N2O7S. The Kier molecular flexibility index (Phi) is 4.83. The third-order valence-corrected chi connectivity index (χ3v) is 7.80. The summed E-state index contributed by atoms with van der Waals surface area (Å²) in [6.45, 7) is 3.31. The number of rotatable bonds is 6. The number of carboxylic acid groups (broad SMARTS) is 1. The van der Waals surface area contributed by atoms with E-state index in [0.29, 0.717) is 11.5 Å². The van der Waals surface area contributed by atoms with Crippen molar-refractivity contribution < 1.29 is 32.4 Å². The quantitative estimate of drug-likeness (QED) is 0.721. The van der Waals surface area contributed by atoms with E-state index >= 15 is 0 Å². The molecule has 2 aromatic rings. The van der Waals surface area contributed by atoms with E-state index < -0.39 is 27.5 Å². The van der Waals surface area contributed by atoms with E-state index in [0.717, 1.165) is 22.7 Å². The molecule has 9 nitrogen and oxygen atoms in total. The number of sulfonamides is 1. The van der Waals surface area contributed by atoms with Gasteiger partial charge in [0.1, 0.15) is 5.41 Å². The Morgan fingerprint density at radius 2 is 2.03 bits per heavy atom. The number of aliphatic hydroxyl groups is 1. The first kappa shape index (κ1) is 20.1. The van der Waals surface area contributed by atoms with Gasteiger partial charge in [-0.25, -0.2) is 8.42 Å². The molecule has 0 bridgehead atoms. The summed E-state index contributed by atoms with van der Waals surface area (Å²) >= 11 is 0. The number of hydrogen-bond acceptors (Lipinski definition) is 7. The third-order valence-electron chi connectivity index (χ3n) is 6.08. The number of carbonyl (C=O) groups is 1. The van der Waals surface area contributed by atoms with E-state index in [1.54, 1.807) is 13.8 Å². The zero-order valence-electron chi connectivity index (χ0n) is 16.3. The SMILES string of the molecule is Cc1noc(-c2ccc(S(=O)(=O)N3CC[C@@H](O)[C@@](CC4CC4)(C(=O)O)C3)o2)c1C. The molecule has 2 aliphatic rings. The molecule has 2 atom stereocenters. The minimum atomic E-state index is -4.07. The van der Waals surface area contributed by atoms with Crippen molar-refractivity contribution in [3.05, 3.63) is 23.4 Å². The molecule has 0 amide bonds. The summed E-state index contributed by atoms with van der Waals surface area (Å²) < 4.78 is 38.2. The van der Waals surface area contributed by atoms with Crippen molar-refractivity contribution in [3.63, 3.8) is 0 Å². The molecule has 1 saturated heterocycles. The fraction of sp³-hybridized carbons (Fsp3) is 0.579. The van der Waals surface area contributed by atoms with Gasteiger partial charge >= 0.3 is 5.97 Å². The fourth-order valence-corrected chi connectivity index (χ4v) is 5.37. The zero-order chi connectivity index (χ0) is 21.0. The lowest BCUT2D eigenvalue weighted by Crippen LogP contribution is -2.57. The van der Waals surface area contributed by atoms with Crippen molar-refractivity contribution in [2.75, 3.05) is 13.1 Å². The maximum absolute atomic E-state index is 13.2. The number of aromatic nitrogens is 1. The van der Waals surface area contributed by atoms with Gasteiger partial charge in [-0.3, -0.25) is 4.79 Å². The number of carboxylic acids is 1.